The van der Waals surface area contributed by atoms with Crippen LogP contribution in [0.5, 0.6) is 0 Å². The van der Waals surface area contributed by atoms with Gasteiger partial charge in [-0.15, -0.1) is 21.5 Å². The Bertz CT molecular complexity index is 1050. The van der Waals surface area contributed by atoms with Crippen molar-refractivity contribution in [2.75, 3.05) is 12.3 Å². The van der Waals surface area contributed by atoms with Gasteiger partial charge in [0, 0.05) is 23.4 Å². The fourth-order valence-electron chi connectivity index (χ4n) is 4.19. The first kappa shape index (κ1) is 20.6. The van der Waals surface area contributed by atoms with Gasteiger partial charge in [0.25, 0.3) is 0 Å². The largest absolute Gasteiger partial charge is 0.339 e. The molecule has 4 heterocycles. The number of nitrogens with zero attached hydrogens (tertiary/aromatic N) is 5. The molecule has 0 spiro atoms. The van der Waals surface area contributed by atoms with Crippen molar-refractivity contribution in [1.82, 2.24) is 24.5 Å². The summed E-state index contributed by atoms with van der Waals surface area (Å²) in [6, 6.07) is 0.385. The van der Waals surface area contributed by atoms with E-state index in [4.69, 9.17) is 4.98 Å². The van der Waals surface area contributed by atoms with Gasteiger partial charge in [0.1, 0.15) is 10.7 Å². The summed E-state index contributed by atoms with van der Waals surface area (Å²) in [5.41, 5.74) is 2.08. The van der Waals surface area contributed by atoms with E-state index < -0.39 is 0 Å². The van der Waals surface area contributed by atoms with Crippen LogP contribution in [0.15, 0.2) is 5.16 Å². The molecule has 1 saturated heterocycles. The van der Waals surface area contributed by atoms with Gasteiger partial charge in [-0.2, -0.15) is 0 Å². The van der Waals surface area contributed by atoms with Gasteiger partial charge in [0.15, 0.2) is 10.8 Å². The maximum atomic E-state index is 12.9. The molecular weight excluding hydrogens is 402 g/mol. The van der Waals surface area contributed by atoms with E-state index in [0.29, 0.717) is 11.8 Å². The highest BCUT2D eigenvalue weighted by atomic mass is 32.2. The normalized spacial score (nSPS) is 17.7. The van der Waals surface area contributed by atoms with Gasteiger partial charge in [-0.3, -0.25) is 9.20 Å². The maximum Gasteiger partial charge on any atom is 0.233 e. The van der Waals surface area contributed by atoms with Crippen LogP contribution in [-0.2, 0) is 4.79 Å². The second-order valence-electron chi connectivity index (χ2n) is 8.16. The number of carbonyl (C=O) groups excluding carboxylic acids is 1. The van der Waals surface area contributed by atoms with Crippen molar-refractivity contribution in [1.29, 1.82) is 0 Å². The zero-order valence-electron chi connectivity index (χ0n) is 17.9. The minimum atomic E-state index is 0.209. The summed E-state index contributed by atoms with van der Waals surface area (Å²) in [4.78, 5) is 22.2. The molecule has 0 aromatic carbocycles. The first-order chi connectivity index (χ1) is 13.9. The van der Waals surface area contributed by atoms with Crippen LogP contribution < -0.4 is 0 Å². The molecule has 0 unspecified atom stereocenters. The molecular formula is C21H29N5OS2. The van der Waals surface area contributed by atoms with E-state index >= 15 is 0 Å². The number of carbonyl (C=O) groups is 1. The van der Waals surface area contributed by atoms with Crippen LogP contribution in [0.25, 0.3) is 15.9 Å². The number of thiophene rings is 1. The number of fused-ring (bicyclic) bond motifs is 3. The van der Waals surface area contributed by atoms with Crippen LogP contribution >= 0.6 is 23.1 Å². The number of amides is 1. The van der Waals surface area contributed by atoms with Gasteiger partial charge in [-0.1, -0.05) is 32.5 Å². The summed E-state index contributed by atoms with van der Waals surface area (Å²) in [5.74, 6) is 1.80. The zero-order chi connectivity index (χ0) is 20.7. The second-order valence-corrected chi connectivity index (χ2v) is 10.3. The van der Waals surface area contributed by atoms with Gasteiger partial charge >= 0.3 is 0 Å². The lowest BCUT2D eigenvalue weighted by Crippen LogP contribution is -2.44. The van der Waals surface area contributed by atoms with Crippen molar-refractivity contribution in [3.05, 3.63) is 16.3 Å². The average molecular weight is 432 g/mol. The Kier molecular flexibility index (Phi) is 5.84. The molecule has 0 bridgehead atoms. The molecule has 1 amide bonds. The van der Waals surface area contributed by atoms with Gasteiger partial charge < -0.3 is 4.90 Å². The molecule has 29 heavy (non-hydrogen) atoms. The van der Waals surface area contributed by atoms with Crippen LogP contribution in [0, 0.1) is 13.8 Å². The summed E-state index contributed by atoms with van der Waals surface area (Å²) in [6.45, 7) is 11.6. The highest BCUT2D eigenvalue weighted by molar-refractivity contribution is 7.99. The lowest BCUT2D eigenvalue weighted by Gasteiger charge is -2.35. The highest BCUT2D eigenvalue weighted by Gasteiger charge is 2.26. The Labute approximate surface area is 180 Å². The first-order valence-electron chi connectivity index (χ1n) is 10.5. The van der Waals surface area contributed by atoms with Crippen LogP contribution in [-0.4, -0.2) is 48.7 Å². The number of rotatable bonds is 5. The van der Waals surface area contributed by atoms with E-state index in [2.05, 4.69) is 54.1 Å². The number of aromatic nitrogens is 4. The van der Waals surface area contributed by atoms with Crippen molar-refractivity contribution in [3.63, 3.8) is 0 Å². The predicted octanol–water partition coefficient (Wildman–Crippen LogP) is 4.96. The lowest BCUT2D eigenvalue weighted by atomic mass is 10.0. The lowest BCUT2D eigenvalue weighted by molar-refractivity contribution is -0.132. The smallest absolute Gasteiger partial charge is 0.233 e. The average Bonchev–Trinajstić information content (AvgIpc) is 3.26. The fraction of sp³-hybridized carbons (Fsp3) is 0.619. The maximum absolute atomic E-state index is 12.9. The van der Waals surface area contributed by atoms with Crippen molar-refractivity contribution in [2.45, 2.75) is 77.4 Å². The Morgan fingerprint density at radius 1 is 1.28 bits per heavy atom. The van der Waals surface area contributed by atoms with Gasteiger partial charge in [-0.25, -0.2) is 4.98 Å². The standard InChI is InChI=1S/C21H29N5OS2/c1-6-15-9-7-8-10-25(15)16(27)11-28-21-24-23-19-17-13(4)14(5)29-20(17)22-18(12(2)3)26(19)21/h12,15H,6-11H2,1-5H3/t15-/m1/s1. The SMILES string of the molecule is CC[C@@H]1CCCCN1C(=O)CSc1nnc2c3c(C)c(C)sc3nc(C(C)C)n12. The summed E-state index contributed by atoms with van der Waals surface area (Å²) in [5, 5.41) is 10.8. The Balaban J connectivity index is 1.67. The third-order valence-corrected chi connectivity index (χ3v) is 7.94. The van der Waals surface area contributed by atoms with E-state index in [1.165, 1.54) is 28.6 Å². The van der Waals surface area contributed by atoms with Gasteiger partial charge in [-0.05, 0) is 45.1 Å². The number of hydrogen-bond acceptors (Lipinski definition) is 6. The fourth-order valence-corrected chi connectivity index (χ4v) is 6.04. The van der Waals surface area contributed by atoms with Crippen molar-refractivity contribution in [3.8, 4) is 0 Å². The zero-order valence-corrected chi connectivity index (χ0v) is 19.5. The van der Waals surface area contributed by atoms with Gasteiger partial charge in [0.2, 0.25) is 5.91 Å². The molecule has 0 N–H and O–H groups in total. The molecule has 0 aliphatic carbocycles. The van der Waals surface area contributed by atoms with E-state index in [1.54, 1.807) is 11.3 Å². The summed E-state index contributed by atoms with van der Waals surface area (Å²) >= 11 is 3.20. The molecule has 1 aliphatic rings. The Hall–Kier alpha value is -1.67. The van der Waals surface area contributed by atoms with Crippen molar-refractivity contribution < 1.29 is 4.79 Å². The Morgan fingerprint density at radius 2 is 2.07 bits per heavy atom. The molecule has 3 aromatic heterocycles. The number of thioether (sulfide) groups is 1. The number of likely N-dealkylation sites (tertiary alicyclic amines) is 1. The van der Waals surface area contributed by atoms with Crippen LogP contribution in [0.2, 0.25) is 0 Å². The summed E-state index contributed by atoms with van der Waals surface area (Å²) in [7, 11) is 0. The molecule has 156 valence electrons. The molecule has 4 rings (SSSR count). The molecule has 1 atom stereocenters. The predicted molar refractivity (Wildman–Crippen MR) is 120 cm³/mol. The summed E-state index contributed by atoms with van der Waals surface area (Å²) < 4.78 is 2.07. The van der Waals surface area contributed by atoms with E-state index in [-0.39, 0.29) is 11.8 Å². The van der Waals surface area contributed by atoms with E-state index in [1.807, 2.05) is 0 Å². The monoisotopic (exact) mass is 431 g/mol. The molecule has 8 heteroatoms. The topological polar surface area (TPSA) is 63.4 Å². The highest BCUT2D eigenvalue weighted by Crippen LogP contribution is 2.35. The van der Waals surface area contributed by atoms with Gasteiger partial charge in [0.05, 0.1) is 11.1 Å². The number of hydrogen-bond donors (Lipinski definition) is 0. The number of aryl methyl sites for hydroxylation is 2. The van der Waals surface area contributed by atoms with Crippen LogP contribution in [0.4, 0.5) is 0 Å². The molecule has 3 aromatic rings. The van der Waals surface area contributed by atoms with E-state index in [9.17, 15) is 4.79 Å². The van der Waals surface area contributed by atoms with Crippen molar-refractivity contribution >= 4 is 44.9 Å². The van der Waals surface area contributed by atoms with Crippen LogP contribution in [0.3, 0.4) is 0 Å². The molecule has 0 saturated carbocycles. The second kappa shape index (κ2) is 8.22. The van der Waals surface area contributed by atoms with Crippen molar-refractivity contribution in [2.24, 2.45) is 0 Å². The first-order valence-corrected chi connectivity index (χ1v) is 12.3. The number of piperidine rings is 1. The third kappa shape index (κ3) is 3.65. The molecule has 1 aliphatic heterocycles. The third-order valence-electron chi connectivity index (χ3n) is 5.93. The van der Waals surface area contributed by atoms with E-state index in [0.717, 1.165) is 52.7 Å². The Morgan fingerprint density at radius 3 is 2.79 bits per heavy atom. The minimum absolute atomic E-state index is 0.209. The quantitative estimate of drug-likeness (QED) is 0.534. The molecule has 1 fully saturated rings. The molecule has 0 radical (unpaired) electrons. The minimum Gasteiger partial charge on any atom is -0.339 e. The summed E-state index contributed by atoms with van der Waals surface area (Å²) in [6.07, 6.45) is 4.48. The van der Waals surface area contributed by atoms with Crippen LogP contribution in [0.1, 0.15) is 68.6 Å². The molecule has 6 nitrogen and oxygen atoms in total.